The van der Waals surface area contributed by atoms with Crippen molar-refractivity contribution in [3.8, 4) is 17.0 Å². The molecule has 2 aromatic carbocycles. The van der Waals surface area contributed by atoms with Crippen LogP contribution in [0.4, 0.5) is 20.3 Å². The molecular weight excluding hydrogens is 622 g/mol. The second kappa shape index (κ2) is 15.1. The Balaban J connectivity index is 1.22. The van der Waals surface area contributed by atoms with Crippen LogP contribution in [0.5, 0.6) is 5.75 Å². The van der Waals surface area contributed by atoms with Crippen molar-refractivity contribution in [1.29, 1.82) is 0 Å². The third-order valence-corrected chi connectivity index (χ3v) is 8.38. The third kappa shape index (κ3) is 7.62. The second-order valence-corrected chi connectivity index (χ2v) is 11.7. The van der Waals surface area contributed by atoms with Crippen LogP contribution in [0.2, 0.25) is 0 Å². The number of ether oxygens (including phenoxy) is 1. The van der Waals surface area contributed by atoms with E-state index in [2.05, 4.69) is 30.9 Å². The maximum atomic E-state index is 14.9. The van der Waals surface area contributed by atoms with Crippen molar-refractivity contribution in [2.24, 2.45) is 22.2 Å². The smallest absolute Gasteiger partial charge is 0.251 e. The van der Waals surface area contributed by atoms with Gasteiger partial charge in [0.1, 0.15) is 0 Å². The Morgan fingerprint density at radius 2 is 1.88 bits per heavy atom. The van der Waals surface area contributed by atoms with Crippen molar-refractivity contribution in [3.63, 3.8) is 0 Å². The number of imidazole rings is 1. The molecule has 13 nitrogen and oxygen atoms in total. The van der Waals surface area contributed by atoms with E-state index in [1.807, 2.05) is 13.0 Å². The standard InChI is InChI=1S/C33H40F2N10O3/c1-3-18-15-19(42-29-30-41-17-25(45(30)14-13-39-29)23-10-11-26(48-2)28(35)27(23)34)8-9-22(18)31(46)43-20-6-7-21(16-20)44-32(47)24(36)5-4-12-40-33(37)38/h8-11,13-15,17,20-21,24H,3-7,12,16,36H2,1-2H3,(H,39,42)(H,43,46)(H,44,47)(H4,37,38,40)/t20?,21?,24-/m0/s1. The summed E-state index contributed by atoms with van der Waals surface area (Å²) in [7, 11) is 1.27. The summed E-state index contributed by atoms with van der Waals surface area (Å²) in [6.07, 6.45) is 8.29. The SMILES string of the molecule is CCc1cc(Nc2nccn3c(-c4ccc(OC)c(F)c4F)cnc23)ccc1C(=O)NC1CCC(NC(=O)[C@@H](N)CCCN=C(N)N)C1. The Hall–Kier alpha value is -5.31. The fourth-order valence-electron chi connectivity index (χ4n) is 5.88. The maximum absolute atomic E-state index is 14.9. The van der Waals surface area contributed by atoms with Gasteiger partial charge in [0.15, 0.2) is 29.0 Å². The monoisotopic (exact) mass is 662 g/mol. The molecule has 5 rings (SSSR count). The van der Waals surface area contributed by atoms with Crippen molar-refractivity contribution in [3.05, 3.63) is 71.7 Å². The lowest BCUT2D eigenvalue weighted by Crippen LogP contribution is -2.45. The van der Waals surface area contributed by atoms with Crippen LogP contribution in [0.25, 0.3) is 16.9 Å². The van der Waals surface area contributed by atoms with Gasteiger partial charge in [-0.15, -0.1) is 0 Å². The first-order valence-electron chi connectivity index (χ1n) is 15.8. The predicted molar refractivity (Wildman–Crippen MR) is 179 cm³/mol. The molecule has 2 heterocycles. The Morgan fingerprint density at radius 1 is 1.10 bits per heavy atom. The summed E-state index contributed by atoms with van der Waals surface area (Å²) in [5.74, 6) is -2.34. The van der Waals surface area contributed by atoms with Crippen molar-refractivity contribution in [2.75, 3.05) is 19.0 Å². The van der Waals surface area contributed by atoms with Crippen LogP contribution in [0.3, 0.4) is 0 Å². The van der Waals surface area contributed by atoms with E-state index >= 15 is 0 Å². The topological polar surface area (TPSA) is 200 Å². The number of nitrogens with zero attached hydrogens (tertiary/aromatic N) is 4. The summed E-state index contributed by atoms with van der Waals surface area (Å²) < 4.78 is 35.8. The number of methoxy groups -OCH3 is 1. The molecule has 1 saturated carbocycles. The van der Waals surface area contributed by atoms with E-state index in [0.717, 1.165) is 18.4 Å². The molecule has 15 heteroatoms. The highest BCUT2D eigenvalue weighted by Gasteiger charge is 2.29. The zero-order valence-corrected chi connectivity index (χ0v) is 26.8. The van der Waals surface area contributed by atoms with E-state index in [0.29, 0.717) is 60.6 Å². The van der Waals surface area contributed by atoms with Crippen LogP contribution in [0.15, 0.2) is 53.9 Å². The van der Waals surface area contributed by atoms with E-state index < -0.39 is 17.7 Å². The van der Waals surface area contributed by atoms with Gasteiger partial charge in [-0.1, -0.05) is 6.92 Å². The van der Waals surface area contributed by atoms with Crippen LogP contribution >= 0.6 is 0 Å². The molecular formula is C33H40F2N10O3. The predicted octanol–water partition coefficient (Wildman–Crippen LogP) is 3.14. The summed E-state index contributed by atoms with van der Waals surface area (Å²) in [6, 6.07) is 7.35. The number of aryl methyl sites for hydroxylation is 1. The number of aromatic nitrogens is 3. The summed E-state index contributed by atoms with van der Waals surface area (Å²) in [5.41, 5.74) is 19.5. The number of anilines is 2. The number of halogens is 2. The van der Waals surface area contributed by atoms with Gasteiger partial charge in [-0.3, -0.25) is 19.0 Å². The molecule has 3 atom stereocenters. The second-order valence-electron chi connectivity index (χ2n) is 11.7. The van der Waals surface area contributed by atoms with Crippen LogP contribution in [-0.4, -0.2) is 63.9 Å². The number of hydrogen-bond acceptors (Lipinski definition) is 8. The fraction of sp³-hybridized carbons (Fsp3) is 0.364. The Bertz CT molecular complexity index is 1820. The highest BCUT2D eigenvalue weighted by molar-refractivity contribution is 5.96. The molecule has 1 aliphatic carbocycles. The molecule has 0 radical (unpaired) electrons. The minimum absolute atomic E-state index is 0.00618. The molecule has 2 aromatic heterocycles. The molecule has 254 valence electrons. The van der Waals surface area contributed by atoms with E-state index in [9.17, 15) is 18.4 Å². The van der Waals surface area contributed by atoms with Gasteiger partial charge in [0.05, 0.1) is 25.0 Å². The largest absolute Gasteiger partial charge is 0.494 e. The van der Waals surface area contributed by atoms with Crippen LogP contribution in [-0.2, 0) is 11.2 Å². The molecule has 2 unspecified atom stereocenters. The molecule has 1 fully saturated rings. The van der Waals surface area contributed by atoms with Gasteiger partial charge in [-0.05, 0) is 74.4 Å². The summed E-state index contributed by atoms with van der Waals surface area (Å²) in [4.78, 5) is 38.6. The molecule has 9 N–H and O–H groups in total. The van der Waals surface area contributed by atoms with Gasteiger partial charge in [0.25, 0.3) is 5.91 Å². The lowest BCUT2D eigenvalue weighted by molar-refractivity contribution is -0.123. The van der Waals surface area contributed by atoms with E-state index in [1.54, 1.807) is 22.7 Å². The Morgan fingerprint density at radius 3 is 2.60 bits per heavy atom. The number of benzene rings is 2. The van der Waals surface area contributed by atoms with Gasteiger partial charge in [0, 0.05) is 47.8 Å². The van der Waals surface area contributed by atoms with E-state index in [-0.39, 0.29) is 41.2 Å². The quantitative estimate of drug-likeness (QED) is 0.0707. The molecule has 4 aromatic rings. The first-order chi connectivity index (χ1) is 23.1. The normalized spacial score (nSPS) is 16.4. The lowest BCUT2D eigenvalue weighted by Gasteiger charge is -2.18. The number of aliphatic imine (C=N–C) groups is 1. The minimum Gasteiger partial charge on any atom is -0.494 e. The first-order valence-corrected chi connectivity index (χ1v) is 15.8. The van der Waals surface area contributed by atoms with E-state index in [1.165, 1.54) is 31.6 Å². The van der Waals surface area contributed by atoms with Gasteiger partial charge in [-0.2, -0.15) is 4.39 Å². The third-order valence-electron chi connectivity index (χ3n) is 8.38. The molecule has 0 spiro atoms. The minimum atomic E-state index is -1.08. The number of fused-ring (bicyclic) bond motifs is 1. The Kier molecular flexibility index (Phi) is 10.7. The summed E-state index contributed by atoms with van der Waals surface area (Å²) >= 11 is 0. The fourth-order valence-corrected chi connectivity index (χ4v) is 5.88. The average Bonchev–Trinajstić information content (AvgIpc) is 3.71. The molecule has 0 aliphatic heterocycles. The average molecular weight is 663 g/mol. The van der Waals surface area contributed by atoms with Gasteiger partial charge < -0.3 is 37.9 Å². The van der Waals surface area contributed by atoms with Gasteiger partial charge in [0.2, 0.25) is 11.7 Å². The zero-order valence-electron chi connectivity index (χ0n) is 26.8. The van der Waals surface area contributed by atoms with E-state index in [4.69, 9.17) is 21.9 Å². The number of carbonyl (C=O) groups is 2. The molecule has 48 heavy (non-hydrogen) atoms. The number of nitrogens with one attached hydrogen (secondary N) is 3. The molecule has 0 bridgehead atoms. The molecule has 0 saturated heterocycles. The van der Waals surface area contributed by atoms with Crippen molar-refractivity contribution < 1.29 is 23.1 Å². The van der Waals surface area contributed by atoms with Crippen molar-refractivity contribution in [2.45, 2.75) is 63.6 Å². The highest BCUT2D eigenvalue weighted by atomic mass is 19.2. The van der Waals surface area contributed by atoms with Crippen LogP contribution in [0, 0.1) is 11.6 Å². The lowest BCUT2D eigenvalue weighted by atomic mass is 10.0. The maximum Gasteiger partial charge on any atom is 0.251 e. The number of rotatable bonds is 13. The highest BCUT2D eigenvalue weighted by Crippen LogP contribution is 2.32. The van der Waals surface area contributed by atoms with Crippen molar-refractivity contribution in [1.82, 2.24) is 25.0 Å². The van der Waals surface area contributed by atoms with Crippen LogP contribution in [0.1, 0.15) is 54.9 Å². The van der Waals surface area contributed by atoms with Crippen molar-refractivity contribution >= 4 is 34.9 Å². The number of guanidine groups is 1. The Labute approximate surface area is 276 Å². The summed E-state index contributed by atoms with van der Waals surface area (Å²) in [6.45, 7) is 2.37. The van der Waals surface area contributed by atoms with Gasteiger partial charge >= 0.3 is 0 Å². The summed E-state index contributed by atoms with van der Waals surface area (Å²) in [5, 5.41) is 9.35. The van der Waals surface area contributed by atoms with Crippen LogP contribution < -0.4 is 37.9 Å². The number of nitrogens with two attached hydrogens (primary N) is 3. The molecule has 2 amide bonds. The zero-order chi connectivity index (χ0) is 34.4. The first kappa shape index (κ1) is 34.0. The molecule has 1 aliphatic rings. The number of carbonyl (C=O) groups excluding carboxylic acids is 2. The number of hydrogen-bond donors (Lipinski definition) is 6. The van der Waals surface area contributed by atoms with Gasteiger partial charge in [-0.25, -0.2) is 14.4 Å². The number of amides is 2.